The number of likely N-dealkylation sites (tertiary alicyclic amines) is 1. The first-order chi connectivity index (χ1) is 13.2. The van der Waals surface area contributed by atoms with E-state index in [2.05, 4.69) is 34.3 Å². The molecule has 2 saturated heterocycles. The monoisotopic (exact) mass is 370 g/mol. The second-order valence-electron chi connectivity index (χ2n) is 7.45. The molecular formula is C20H26N4O3. The van der Waals surface area contributed by atoms with Crippen molar-refractivity contribution < 1.29 is 14.3 Å². The number of hydrogen-bond acceptors (Lipinski definition) is 5. The molecule has 7 heteroatoms. The highest BCUT2D eigenvalue weighted by Gasteiger charge is 2.53. The van der Waals surface area contributed by atoms with E-state index < -0.39 is 5.60 Å². The number of benzene rings is 1. The molecule has 144 valence electrons. The number of carbonyl (C=O) groups excluding carboxylic acids is 1. The smallest absolute Gasteiger partial charge is 0.222 e. The first-order valence-electron chi connectivity index (χ1n) is 9.52. The van der Waals surface area contributed by atoms with Crippen molar-refractivity contribution in [2.75, 3.05) is 26.8 Å². The van der Waals surface area contributed by atoms with Gasteiger partial charge in [0.25, 0.3) is 0 Å². The van der Waals surface area contributed by atoms with Gasteiger partial charge in [0.1, 0.15) is 24.4 Å². The summed E-state index contributed by atoms with van der Waals surface area (Å²) in [4.78, 5) is 18.5. The molecule has 3 atom stereocenters. The van der Waals surface area contributed by atoms with E-state index >= 15 is 0 Å². The number of aryl methyl sites for hydroxylation is 1. The molecule has 3 heterocycles. The molecule has 2 aliphatic rings. The van der Waals surface area contributed by atoms with E-state index in [9.17, 15) is 4.79 Å². The fraction of sp³-hybridized carbons (Fsp3) is 0.550. The Balaban J connectivity index is 1.36. The molecule has 2 fully saturated rings. The fourth-order valence-electron chi connectivity index (χ4n) is 4.31. The van der Waals surface area contributed by atoms with Crippen LogP contribution in [-0.2, 0) is 20.8 Å². The molecule has 1 aromatic carbocycles. The molecule has 0 N–H and O–H groups in total. The van der Waals surface area contributed by atoms with Crippen LogP contribution in [0.25, 0.3) is 0 Å². The van der Waals surface area contributed by atoms with Crippen LogP contribution in [0, 0.1) is 0 Å². The second kappa shape index (κ2) is 7.78. The fourth-order valence-corrected chi connectivity index (χ4v) is 4.31. The minimum atomic E-state index is -0.392. The zero-order valence-corrected chi connectivity index (χ0v) is 15.7. The van der Waals surface area contributed by atoms with Gasteiger partial charge in [-0.25, -0.2) is 4.98 Å². The summed E-state index contributed by atoms with van der Waals surface area (Å²) in [5.41, 5.74) is 0.901. The molecule has 1 aromatic heterocycles. The highest BCUT2D eigenvalue weighted by atomic mass is 16.6. The van der Waals surface area contributed by atoms with Gasteiger partial charge in [0.2, 0.25) is 5.91 Å². The standard InChI is InChI=1S/C20H26N4O3/c1-26-18-11-23(19(25)8-5-9-24-15-21-14-22-24)13-20(18)10-17(12-27-20)16-6-3-2-4-7-16/h2-4,6-7,14-15,17-18H,5,8-13H2,1H3/t17-,18-,20-/m1/s1. The Morgan fingerprint density at radius 2 is 2.22 bits per heavy atom. The van der Waals surface area contributed by atoms with Crippen molar-refractivity contribution in [2.24, 2.45) is 0 Å². The van der Waals surface area contributed by atoms with Crippen molar-refractivity contribution in [1.29, 1.82) is 0 Å². The van der Waals surface area contributed by atoms with Crippen LogP contribution in [0.15, 0.2) is 43.0 Å². The van der Waals surface area contributed by atoms with E-state index in [0.717, 1.165) is 12.8 Å². The topological polar surface area (TPSA) is 69.5 Å². The van der Waals surface area contributed by atoms with E-state index in [1.165, 1.54) is 11.9 Å². The van der Waals surface area contributed by atoms with Crippen molar-refractivity contribution in [1.82, 2.24) is 19.7 Å². The van der Waals surface area contributed by atoms with Gasteiger partial charge < -0.3 is 14.4 Å². The van der Waals surface area contributed by atoms with Crippen molar-refractivity contribution >= 4 is 5.91 Å². The van der Waals surface area contributed by atoms with Gasteiger partial charge in [-0.05, 0) is 18.4 Å². The van der Waals surface area contributed by atoms with Crippen LogP contribution in [-0.4, -0.2) is 64.1 Å². The first kappa shape index (κ1) is 18.1. The van der Waals surface area contributed by atoms with Crippen LogP contribution in [0.3, 0.4) is 0 Å². The molecule has 27 heavy (non-hydrogen) atoms. The molecule has 0 saturated carbocycles. The van der Waals surface area contributed by atoms with Gasteiger partial charge in [-0.1, -0.05) is 30.3 Å². The maximum absolute atomic E-state index is 12.7. The molecule has 0 bridgehead atoms. The summed E-state index contributed by atoms with van der Waals surface area (Å²) in [6.07, 6.45) is 5.23. The predicted octanol–water partition coefficient (Wildman–Crippen LogP) is 1.86. The predicted molar refractivity (Wildman–Crippen MR) is 99.1 cm³/mol. The minimum absolute atomic E-state index is 0.0783. The molecule has 1 spiro atoms. The maximum atomic E-state index is 12.7. The molecule has 0 radical (unpaired) electrons. The molecule has 4 rings (SSSR count). The van der Waals surface area contributed by atoms with Crippen LogP contribution in [0.2, 0.25) is 0 Å². The Labute approximate surface area is 159 Å². The SMILES string of the molecule is CO[C@@H]1CN(C(=O)CCCn2cncn2)C[C@]12C[C@@H](c1ccccc1)CO2. The van der Waals surface area contributed by atoms with Crippen LogP contribution in [0.5, 0.6) is 0 Å². The number of nitrogens with zero attached hydrogens (tertiary/aromatic N) is 4. The molecule has 7 nitrogen and oxygen atoms in total. The summed E-state index contributed by atoms with van der Waals surface area (Å²) < 4.78 is 13.8. The van der Waals surface area contributed by atoms with Crippen LogP contribution in [0.4, 0.5) is 0 Å². The first-order valence-corrected chi connectivity index (χ1v) is 9.52. The lowest BCUT2D eigenvalue weighted by molar-refractivity contribution is -0.131. The third-order valence-corrected chi connectivity index (χ3v) is 5.75. The third-order valence-electron chi connectivity index (χ3n) is 5.75. The Hall–Kier alpha value is -2.25. The van der Waals surface area contributed by atoms with Gasteiger partial charge >= 0.3 is 0 Å². The largest absolute Gasteiger partial charge is 0.377 e. The average molecular weight is 370 g/mol. The number of hydrogen-bond donors (Lipinski definition) is 0. The molecule has 1 amide bonds. The van der Waals surface area contributed by atoms with Crippen molar-refractivity contribution in [3.05, 3.63) is 48.5 Å². The van der Waals surface area contributed by atoms with Gasteiger partial charge in [-0.15, -0.1) is 0 Å². The Morgan fingerprint density at radius 3 is 2.96 bits per heavy atom. The normalized spacial score (nSPS) is 27.5. The van der Waals surface area contributed by atoms with Gasteiger partial charge in [-0.3, -0.25) is 9.48 Å². The zero-order valence-electron chi connectivity index (χ0n) is 15.7. The van der Waals surface area contributed by atoms with E-state index in [1.807, 2.05) is 11.0 Å². The number of amides is 1. The van der Waals surface area contributed by atoms with Crippen molar-refractivity contribution in [3.63, 3.8) is 0 Å². The Morgan fingerprint density at radius 1 is 1.37 bits per heavy atom. The van der Waals surface area contributed by atoms with Gasteiger partial charge in [0.05, 0.1) is 13.2 Å². The lowest BCUT2D eigenvalue weighted by atomic mass is 9.87. The summed E-state index contributed by atoms with van der Waals surface area (Å²) in [6.45, 7) is 2.58. The highest BCUT2D eigenvalue weighted by molar-refractivity contribution is 5.76. The van der Waals surface area contributed by atoms with Gasteiger partial charge in [0, 0.05) is 32.5 Å². The molecule has 0 aliphatic carbocycles. The number of ether oxygens (including phenoxy) is 2. The summed E-state index contributed by atoms with van der Waals surface area (Å²) >= 11 is 0. The number of methoxy groups -OCH3 is 1. The third kappa shape index (κ3) is 3.75. The number of rotatable bonds is 6. The van der Waals surface area contributed by atoms with Gasteiger partial charge in [-0.2, -0.15) is 5.10 Å². The Kier molecular flexibility index (Phi) is 5.22. The minimum Gasteiger partial charge on any atom is -0.377 e. The summed E-state index contributed by atoms with van der Waals surface area (Å²) in [5, 5.41) is 4.07. The second-order valence-corrected chi connectivity index (χ2v) is 7.45. The van der Waals surface area contributed by atoms with E-state index in [0.29, 0.717) is 38.6 Å². The summed E-state index contributed by atoms with van der Waals surface area (Å²) in [5.74, 6) is 0.506. The molecule has 0 unspecified atom stereocenters. The van der Waals surface area contributed by atoms with Crippen LogP contribution < -0.4 is 0 Å². The van der Waals surface area contributed by atoms with Crippen molar-refractivity contribution in [2.45, 2.75) is 43.4 Å². The number of aromatic nitrogens is 3. The highest BCUT2D eigenvalue weighted by Crippen LogP contribution is 2.43. The van der Waals surface area contributed by atoms with Crippen molar-refractivity contribution in [3.8, 4) is 0 Å². The maximum Gasteiger partial charge on any atom is 0.222 e. The van der Waals surface area contributed by atoms with Crippen LogP contribution in [0.1, 0.15) is 30.7 Å². The molecular weight excluding hydrogens is 344 g/mol. The van der Waals surface area contributed by atoms with Crippen LogP contribution >= 0.6 is 0 Å². The van der Waals surface area contributed by atoms with E-state index in [1.54, 1.807) is 18.1 Å². The zero-order chi connectivity index (χ0) is 18.7. The summed E-state index contributed by atoms with van der Waals surface area (Å²) in [7, 11) is 1.71. The number of carbonyl (C=O) groups is 1. The summed E-state index contributed by atoms with van der Waals surface area (Å²) in [6, 6.07) is 10.5. The molecule has 2 aromatic rings. The lowest BCUT2D eigenvalue weighted by Gasteiger charge is -2.28. The van der Waals surface area contributed by atoms with E-state index in [-0.39, 0.29) is 12.0 Å². The van der Waals surface area contributed by atoms with E-state index in [4.69, 9.17) is 9.47 Å². The Bertz CT molecular complexity index is 752. The average Bonchev–Trinajstić information content (AvgIpc) is 3.43. The quantitative estimate of drug-likeness (QED) is 0.776. The van der Waals surface area contributed by atoms with Gasteiger partial charge in [0.15, 0.2) is 0 Å². The lowest BCUT2D eigenvalue weighted by Crippen LogP contribution is -2.42. The molecule has 2 aliphatic heterocycles.